The fraction of sp³-hybridized carbons (Fsp3) is 0. The van der Waals surface area contributed by atoms with Gasteiger partial charge in [-0.3, -0.25) is 0 Å². The first kappa shape index (κ1) is 13.6. The molecule has 24 heavy (non-hydrogen) atoms. The second-order valence-electron chi connectivity index (χ2n) is 5.90. The van der Waals surface area contributed by atoms with Crippen molar-refractivity contribution in [2.75, 3.05) is 0 Å². The number of aromatic nitrogens is 2. The Hall–Kier alpha value is -2.84. The maximum Gasteiger partial charge on any atom is 0.0934 e. The van der Waals surface area contributed by atoms with E-state index < -0.39 is 0 Å². The Balaban J connectivity index is 2.00. The SMILES string of the molecule is Clc1ccc(-c2cc3ccccc3c3c4ccccc4nn23)cc1. The molecular weight excluding hydrogens is 316 g/mol. The normalized spacial score (nSPS) is 11.5. The molecule has 0 aliphatic heterocycles. The van der Waals surface area contributed by atoms with E-state index in [-0.39, 0.29) is 0 Å². The Morgan fingerprint density at radius 2 is 1.46 bits per heavy atom. The minimum absolute atomic E-state index is 0.737. The van der Waals surface area contributed by atoms with Gasteiger partial charge in [0.15, 0.2) is 0 Å². The van der Waals surface area contributed by atoms with Gasteiger partial charge >= 0.3 is 0 Å². The molecule has 0 saturated heterocycles. The third kappa shape index (κ3) is 1.93. The molecule has 0 aliphatic carbocycles. The molecule has 0 aliphatic rings. The minimum Gasteiger partial charge on any atom is -0.231 e. The molecule has 3 heteroatoms. The van der Waals surface area contributed by atoms with Gasteiger partial charge in [-0.2, -0.15) is 5.10 Å². The number of benzene rings is 3. The van der Waals surface area contributed by atoms with Crippen molar-refractivity contribution in [3.05, 3.63) is 83.9 Å². The Bertz CT molecular complexity index is 1200. The van der Waals surface area contributed by atoms with Crippen LogP contribution in [-0.4, -0.2) is 9.61 Å². The van der Waals surface area contributed by atoms with Crippen LogP contribution in [0.25, 0.3) is 38.4 Å². The summed E-state index contributed by atoms with van der Waals surface area (Å²) in [7, 11) is 0. The van der Waals surface area contributed by atoms with E-state index in [4.69, 9.17) is 16.7 Å². The van der Waals surface area contributed by atoms with Crippen LogP contribution in [0, 0.1) is 0 Å². The predicted molar refractivity (Wildman–Crippen MR) is 101 cm³/mol. The molecule has 0 radical (unpaired) electrons. The molecule has 0 N–H and O–H groups in total. The molecule has 0 saturated carbocycles. The van der Waals surface area contributed by atoms with Crippen molar-refractivity contribution < 1.29 is 0 Å². The van der Waals surface area contributed by atoms with E-state index in [0.29, 0.717) is 0 Å². The zero-order valence-electron chi connectivity index (χ0n) is 12.8. The van der Waals surface area contributed by atoms with Crippen LogP contribution in [-0.2, 0) is 0 Å². The standard InChI is InChI=1S/C21H13ClN2/c22-16-11-9-14(10-12-16)20-13-15-5-1-2-6-17(15)21-18-7-3-4-8-19(18)23-24(20)21/h1-13H. The molecule has 5 aromatic rings. The lowest BCUT2D eigenvalue weighted by Gasteiger charge is -2.09. The van der Waals surface area contributed by atoms with Crippen molar-refractivity contribution in [2.24, 2.45) is 0 Å². The quantitative estimate of drug-likeness (QED) is 0.371. The Kier molecular flexibility index (Phi) is 2.88. The van der Waals surface area contributed by atoms with E-state index in [0.717, 1.165) is 27.3 Å². The lowest BCUT2D eigenvalue weighted by molar-refractivity contribution is 0.996. The van der Waals surface area contributed by atoms with Crippen molar-refractivity contribution in [1.29, 1.82) is 0 Å². The average molecular weight is 329 g/mol. The maximum absolute atomic E-state index is 6.05. The Labute approximate surface area is 143 Å². The van der Waals surface area contributed by atoms with Crippen LogP contribution in [0.5, 0.6) is 0 Å². The Morgan fingerprint density at radius 1 is 0.750 bits per heavy atom. The molecular formula is C21H13ClN2. The summed E-state index contributed by atoms with van der Waals surface area (Å²) in [6, 6.07) is 26.8. The van der Waals surface area contributed by atoms with Gasteiger partial charge in [0.25, 0.3) is 0 Å². The number of fused-ring (bicyclic) bond motifs is 5. The van der Waals surface area contributed by atoms with Crippen LogP contribution in [0.4, 0.5) is 0 Å². The minimum atomic E-state index is 0.737. The predicted octanol–water partition coefficient (Wildman–Crippen LogP) is 5.96. The van der Waals surface area contributed by atoms with E-state index in [2.05, 4.69) is 53.0 Å². The highest BCUT2D eigenvalue weighted by molar-refractivity contribution is 6.30. The topological polar surface area (TPSA) is 17.3 Å². The fourth-order valence-electron chi connectivity index (χ4n) is 3.34. The molecule has 0 amide bonds. The molecule has 2 heterocycles. The molecule has 2 aromatic heterocycles. The number of hydrogen-bond acceptors (Lipinski definition) is 1. The third-order valence-corrected chi connectivity index (χ3v) is 4.71. The molecule has 0 spiro atoms. The van der Waals surface area contributed by atoms with Gasteiger partial charge < -0.3 is 0 Å². The average Bonchev–Trinajstić information content (AvgIpc) is 3.02. The molecule has 0 bridgehead atoms. The van der Waals surface area contributed by atoms with Crippen LogP contribution in [0.2, 0.25) is 5.02 Å². The van der Waals surface area contributed by atoms with E-state index in [1.165, 1.54) is 16.2 Å². The summed E-state index contributed by atoms with van der Waals surface area (Å²) in [5, 5.41) is 9.18. The number of hydrogen-bond donors (Lipinski definition) is 0. The third-order valence-electron chi connectivity index (χ3n) is 4.46. The van der Waals surface area contributed by atoms with E-state index >= 15 is 0 Å². The highest BCUT2D eigenvalue weighted by Crippen LogP contribution is 2.33. The number of nitrogens with zero attached hydrogens (tertiary/aromatic N) is 2. The second kappa shape index (κ2) is 5.08. The summed E-state index contributed by atoms with van der Waals surface area (Å²) in [5.74, 6) is 0. The van der Waals surface area contributed by atoms with Crippen molar-refractivity contribution in [2.45, 2.75) is 0 Å². The van der Waals surface area contributed by atoms with Crippen molar-refractivity contribution in [3.63, 3.8) is 0 Å². The summed E-state index contributed by atoms with van der Waals surface area (Å²) in [4.78, 5) is 0. The van der Waals surface area contributed by atoms with Crippen LogP contribution >= 0.6 is 11.6 Å². The van der Waals surface area contributed by atoms with Crippen LogP contribution in [0.1, 0.15) is 0 Å². The first-order chi connectivity index (χ1) is 11.8. The number of rotatable bonds is 1. The molecule has 3 aromatic carbocycles. The fourth-order valence-corrected chi connectivity index (χ4v) is 3.47. The smallest absolute Gasteiger partial charge is 0.0934 e. The van der Waals surface area contributed by atoms with Gasteiger partial charge in [0.05, 0.1) is 16.7 Å². The van der Waals surface area contributed by atoms with Crippen molar-refractivity contribution in [1.82, 2.24) is 9.61 Å². The summed E-state index contributed by atoms with van der Waals surface area (Å²) in [6.45, 7) is 0. The molecule has 0 atom stereocenters. The second-order valence-corrected chi connectivity index (χ2v) is 6.34. The summed E-state index contributed by atoms with van der Waals surface area (Å²) in [5.41, 5.74) is 4.32. The van der Waals surface area contributed by atoms with Gasteiger partial charge in [0.1, 0.15) is 0 Å². The zero-order valence-corrected chi connectivity index (χ0v) is 13.5. The van der Waals surface area contributed by atoms with Gasteiger partial charge in [0.2, 0.25) is 0 Å². The summed E-state index contributed by atoms with van der Waals surface area (Å²) in [6.07, 6.45) is 0. The first-order valence-electron chi connectivity index (χ1n) is 7.86. The molecule has 2 nitrogen and oxygen atoms in total. The van der Waals surface area contributed by atoms with Gasteiger partial charge in [-0.05, 0) is 29.7 Å². The summed E-state index contributed by atoms with van der Waals surface area (Å²) < 4.78 is 2.05. The van der Waals surface area contributed by atoms with Crippen LogP contribution in [0.15, 0.2) is 78.9 Å². The largest absolute Gasteiger partial charge is 0.231 e. The molecule has 0 unspecified atom stereocenters. The van der Waals surface area contributed by atoms with Crippen molar-refractivity contribution in [3.8, 4) is 11.3 Å². The molecule has 0 fully saturated rings. The monoisotopic (exact) mass is 328 g/mol. The van der Waals surface area contributed by atoms with Crippen molar-refractivity contribution >= 4 is 38.8 Å². The Morgan fingerprint density at radius 3 is 2.29 bits per heavy atom. The van der Waals surface area contributed by atoms with E-state index in [1.807, 2.05) is 30.3 Å². The van der Waals surface area contributed by atoms with Gasteiger partial charge in [-0.1, -0.05) is 66.2 Å². The lowest BCUT2D eigenvalue weighted by Crippen LogP contribution is -1.95. The zero-order chi connectivity index (χ0) is 16.1. The van der Waals surface area contributed by atoms with Gasteiger partial charge in [-0.25, -0.2) is 4.52 Å². The lowest BCUT2D eigenvalue weighted by atomic mass is 10.0. The van der Waals surface area contributed by atoms with Crippen LogP contribution in [0.3, 0.4) is 0 Å². The van der Waals surface area contributed by atoms with Gasteiger partial charge in [0, 0.05) is 21.4 Å². The first-order valence-corrected chi connectivity index (χ1v) is 8.24. The highest BCUT2D eigenvalue weighted by Gasteiger charge is 2.13. The van der Waals surface area contributed by atoms with Crippen LogP contribution < -0.4 is 0 Å². The maximum atomic E-state index is 6.05. The number of halogens is 1. The van der Waals surface area contributed by atoms with Gasteiger partial charge in [-0.15, -0.1) is 0 Å². The summed E-state index contributed by atoms with van der Waals surface area (Å²) >= 11 is 6.05. The molecule has 5 rings (SSSR count). The molecule has 114 valence electrons. The number of pyridine rings is 1. The highest BCUT2D eigenvalue weighted by atomic mass is 35.5. The van der Waals surface area contributed by atoms with E-state index in [9.17, 15) is 0 Å². The van der Waals surface area contributed by atoms with E-state index in [1.54, 1.807) is 0 Å².